The van der Waals surface area contributed by atoms with Gasteiger partial charge in [0.2, 0.25) is 0 Å². The number of ether oxygens (including phenoxy) is 1. The SMILES string of the molecule is O=C1O[C@H]([C@H](O)[C@H](O)CO)[C@H](O)[C@@H]1O. The Balaban J connectivity index is 2.66. The lowest BCUT2D eigenvalue weighted by molar-refractivity contribution is -0.155. The summed E-state index contributed by atoms with van der Waals surface area (Å²) in [7, 11) is 0. The van der Waals surface area contributed by atoms with Gasteiger partial charge in [0.15, 0.2) is 12.2 Å². The van der Waals surface area contributed by atoms with E-state index in [1.165, 1.54) is 0 Å². The van der Waals surface area contributed by atoms with Crippen molar-refractivity contribution in [2.45, 2.75) is 30.5 Å². The lowest BCUT2D eigenvalue weighted by Crippen LogP contribution is -2.46. The first-order valence-corrected chi connectivity index (χ1v) is 4.02. The Morgan fingerprint density at radius 3 is 2.29 bits per heavy atom. The molecule has 7 nitrogen and oxygen atoms in total. The molecule has 0 saturated carbocycles. The fourth-order valence-corrected chi connectivity index (χ4v) is 1.19. The number of rotatable bonds is 3. The molecule has 0 aromatic heterocycles. The molecule has 0 unspecified atom stereocenters. The first-order valence-electron chi connectivity index (χ1n) is 4.02. The van der Waals surface area contributed by atoms with E-state index in [4.69, 9.17) is 15.3 Å². The Labute approximate surface area is 79.2 Å². The van der Waals surface area contributed by atoms with Crippen LogP contribution in [0.2, 0.25) is 0 Å². The first kappa shape index (κ1) is 11.3. The predicted octanol–water partition coefficient (Wildman–Crippen LogP) is -3.65. The molecule has 1 aliphatic heterocycles. The summed E-state index contributed by atoms with van der Waals surface area (Å²) in [6.07, 6.45) is -7.90. The van der Waals surface area contributed by atoms with Gasteiger partial charge in [-0.25, -0.2) is 4.79 Å². The van der Waals surface area contributed by atoms with Crippen molar-refractivity contribution in [2.24, 2.45) is 0 Å². The Morgan fingerprint density at radius 1 is 1.36 bits per heavy atom. The minimum absolute atomic E-state index is 0.738. The number of hydrogen-bond donors (Lipinski definition) is 5. The summed E-state index contributed by atoms with van der Waals surface area (Å²) < 4.78 is 4.41. The van der Waals surface area contributed by atoms with E-state index >= 15 is 0 Å². The van der Waals surface area contributed by atoms with Gasteiger partial charge in [0.05, 0.1) is 6.61 Å². The minimum atomic E-state index is -1.72. The van der Waals surface area contributed by atoms with Crippen LogP contribution < -0.4 is 0 Å². The van der Waals surface area contributed by atoms with Crippen LogP contribution in [0.15, 0.2) is 0 Å². The molecule has 5 atom stereocenters. The van der Waals surface area contributed by atoms with Crippen LogP contribution in [0.3, 0.4) is 0 Å². The van der Waals surface area contributed by atoms with Crippen LogP contribution >= 0.6 is 0 Å². The standard InChI is InChI=1S/C7H12O7/c8-1-2(9)3(10)6-4(11)5(12)7(13)14-6/h2-6,8-12H,1H2/t2-,3-,4-,5+,6-/m1/s1. The topological polar surface area (TPSA) is 127 Å². The molecule has 0 spiro atoms. The summed E-state index contributed by atoms with van der Waals surface area (Å²) in [5.74, 6) is -1.06. The van der Waals surface area contributed by atoms with Crippen molar-refractivity contribution in [1.29, 1.82) is 0 Å². The maximum atomic E-state index is 10.7. The molecule has 14 heavy (non-hydrogen) atoms. The largest absolute Gasteiger partial charge is 0.455 e. The van der Waals surface area contributed by atoms with Crippen LogP contribution in [0.4, 0.5) is 0 Å². The van der Waals surface area contributed by atoms with Crippen LogP contribution in [-0.4, -0.2) is 68.6 Å². The van der Waals surface area contributed by atoms with Crippen LogP contribution in [0.25, 0.3) is 0 Å². The highest BCUT2D eigenvalue weighted by atomic mass is 16.6. The lowest BCUT2D eigenvalue weighted by atomic mass is 10.0. The number of esters is 1. The van der Waals surface area contributed by atoms with Gasteiger partial charge in [-0.2, -0.15) is 0 Å². The van der Waals surface area contributed by atoms with Gasteiger partial charge in [-0.15, -0.1) is 0 Å². The second-order valence-corrected chi connectivity index (χ2v) is 3.08. The molecule has 7 heteroatoms. The number of carbonyl (C=O) groups excluding carboxylic acids is 1. The predicted molar refractivity (Wildman–Crippen MR) is 41.0 cm³/mol. The van der Waals surface area contributed by atoms with Crippen LogP contribution in [-0.2, 0) is 9.53 Å². The summed E-state index contributed by atoms with van der Waals surface area (Å²) >= 11 is 0. The van der Waals surface area contributed by atoms with Gasteiger partial charge in [0.25, 0.3) is 0 Å². The molecule has 1 fully saturated rings. The van der Waals surface area contributed by atoms with Crippen molar-refractivity contribution < 1.29 is 35.1 Å². The maximum Gasteiger partial charge on any atom is 0.338 e. The summed E-state index contributed by atoms with van der Waals surface area (Å²) in [4.78, 5) is 10.7. The van der Waals surface area contributed by atoms with Crippen molar-refractivity contribution >= 4 is 5.97 Å². The van der Waals surface area contributed by atoms with Crippen molar-refractivity contribution in [3.63, 3.8) is 0 Å². The Kier molecular flexibility index (Phi) is 3.40. The molecule has 0 amide bonds. The monoisotopic (exact) mass is 208 g/mol. The molecular formula is C7H12O7. The molecule has 82 valence electrons. The number of hydrogen-bond acceptors (Lipinski definition) is 7. The van der Waals surface area contributed by atoms with Crippen LogP contribution in [0.5, 0.6) is 0 Å². The van der Waals surface area contributed by atoms with Gasteiger partial charge in [-0.05, 0) is 0 Å². The van der Waals surface area contributed by atoms with E-state index in [-0.39, 0.29) is 0 Å². The lowest BCUT2D eigenvalue weighted by Gasteiger charge is -2.23. The quantitative estimate of drug-likeness (QED) is 0.302. The normalized spacial score (nSPS) is 36.6. The summed E-state index contributed by atoms with van der Waals surface area (Å²) in [6, 6.07) is 0. The summed E-state index contributed by atoms with van der Waals surface area (Å²) in [5.41, 5.74) is 0. The third-order valence-corrected chi connectivity index (χ3v) is 2.07. The minimum Gasteiger partial charge on any atom is -0.455 e. The van der Waals surface area contributed by atoms with Gasteiger partial charge >= 0.3 is 5.97 Å². The highest BCUT2D eigenvalue weighted by Crippen LogP contribution is 2.20. The van der Waals surface area contributed by atoms with Crippen LogP contribution in [0.1, 0.15) is 0 Å². The zero-order valence-electron chi connectivity index (χ0n) is 7.15. The molecule has 1 heterocycles. The van der Waals surface area contributed by atoms with Crippen molar-refractivity contribution in [3.05, 3.63) is 0 Å². The number of cyclic esters (lactones) is 1. The first-order chi connectivity index (χ1) is 6.49. The maximum absolute atomic E-state index is 10.7. The fourth-order valence-electron chi connectivity index (χ4n) is 1.19. The average molecular weight is 208 g/mol. The molecule has 0 radical (unpaired) electrons. The highest BCUT2D eigenvalue weighted by molar-refractivity contribution is 5.77. The van der Waals surface area contributed by atoms with E-state index in [1.807, 2.05) is 0 Å². The second-order valence-electron chi connectivity index (χ2n) is 3.08. The number of aliphatic hydroxyl groups is 5. The van der Waals surface area contributed by atoms with Gasteiger partial charge in [0.1, 0.15) is 18.3 Å². The third-order valence-electron chi connectivity index (χ3n) is 2.07. The number of carbonyl (C=O) groups is 1. The van der Waals surface area contributed by atoms with Crippen molar-refractivity contribution in [3.8, 4) is 0 Å². The zero-order chi connectivity index (χ0) is 10.9. The van der Waals surface area contributed by atoms with E-state index < -0.39 is 43.1 Å². The molecule has 5 N–H and O–H groups in total. The van der Waals surface area contributed by atoms with Crippen molar-refractivity contribution in [1.82, 2.24) is 0 Å². The Hall–Kier alpha value is -0.730. The molecule has 1 rings (SSSR count). The van der Waals surface area contributed by atoms with E-state index in [1.54, 1.807) is 0 Å². The summed E-state index contributed by atoms with van der Waals surface area (Å²) in [5, 5.41) is 44.9. The van der Waals surface area contributed by atoms with Gasteiger partial charge < -0.3 is 30.3 Å². The fraction of sp³-hybridized carbons (Fsp3) is 0.857. The highest BCUT2D eigenvalue weighted by Gasteiger charge is 2.47. The third kappa shape index (κ3) is 1.86. The van der Waals surface area contributed by atoms with Gasteiger partial charge in [-0.1, -0.05) is 0 Å². The molecule has 0 aliphatic carbocycles. The summed E-state index contributed by atoms with van der Waals surface area (Å²) in [6.45, 7) is -0.738. The number of aliphatic hydroxyl groups excluding tert-OH is 5. The van der Waals surface area contributed by atoms with Gasteiger partial charge in [0, 0.05) is 0 Å². The van der Waals surface area contributed by atoms with Crippen LogP contribution in [0, 0.1) is 0 Å². The van der Waals surface area contributed by atoms with E-state index in [9.17, 15) is 15.0 Å². The Morgan fingerprint density at radius 2 is 1.93 bits per heavy atom. The van der Waals surface area contributed by atoms with Crippen molar-refractivity contribution in [2.75, 3.05) is 6.61 Å². The molecule has 0 aromatic carbocycles. The van der Waals surface area contributed by atoms with E-state index in [0.29, 0.717) is 0 Å². The zero-order valence-corrected chi connectivity index (χ0v) is 7.15. The molecular weight excluding hydrogens is 196 g/mol. The van der Waals surface area contributed by atoms with Gasteiger partial charge in [-0.3, -0.25) is 0 Å². The molecule has 0 aromatic rings. The van der Waals surface area contributed by atoms with E-state index in [0.717, 1.165) is 0 Å². The molecule has 1 aliphatic rings. The van der Waals surface area contributed by atoms with E-state index in [2.05, 4.69) is 4.74 Å². The average Bonchev–Trinajstić information content (AvgIpc) is 2.43. The molecule has 1 saturated heterocycles. The molecule has 0 bridgehead atoms. The smallest absolute Gasteiger partial charge is 0.338 e. The Bertz CT molecular complexity index is 218. The second kappa shape index (κ2) is 4.20.